The van der Waals surface area contributed by atoms with Crippen molar-refractivity contribution in [3.8, 4) is 11.5 Å². The maximum atomic E-state index is 14.5. The summed E-state index contributed by atoms with van der Waals surface area (Å²) < 4.78 is 106. The van der Waals surface area contributed by atoms with Crippen LogP contribution in [0.15, 0.2) is 29.7 Å². The van der Waals surface area contributed by atoms with Crippen molar-refractivity contribution < 1.29 is 45.0 Å². The number of allylic oxidation sites excluding steroid dienone is 2. The van der Waals surface area contributed by atoms with Crippen LogP contribution in [0.25, 0.3) is 0 Å². The van der Waals surface area contributed by atoms with Crippen LogP contribution >= 0.6 is 0 Å². The standard InChI is InChI=1S/C22H27F6O4Si2/c1-3-31-34-13-7-8-15-9-10-16(17(14-15)29-2)32-19-18(30-11-5-4-6-12-33)20(23,24)22(27,28)21(19,25)26/h9-10,14H,3-8,11-13H2,1-2H3. The van der Waals surface area contributed by atoms with Crippen LogP contribution < -0.4 is 9.47 Å². The van der Waals surface area contributed by atoms with E-state index in [2.05, 4.69) is 10.2 Å². The van der Waals surface area contributed by atoms with Gasteiger partial charge in [0.25, 0.3) is 0 Å². The molecule has 0 bridgehead atoms. The molecule has 0 saturated heterocycles. The van der Waals surface area contributed by atoms with Gasteiger partial charge in [-0.2, -0.15) is 26.3 Å². The Balaban J connectivity index is 2.27. The first-order chi connectivity index (χ1) is 16.0. The lowest BCUT2D eigenvalue weighted by Gasteiger charge is -2.24. The van der Waals surface area contributed by atoms with Gasteiger partial charge < -0.3 is 18.6 Å². The second kappa shape index (κ2) is 12.3. The smallest absolute Gasteiger partial charge is 0.387 e. The summed E-state index contributed by atoms with van der Waals surface area (Å²) in [5, 5.41) is 0. The summed E-state index contributed by atoms with van der Waals surface area (Å²) in [5.74, 6) is -20.5. The predicted molar refractivity (Wildman–Crippen MR) is 116 cm³/mol. The molecular weight excluding hydrogens is 498 g/mol. The van der Waals surface area contributed by atoms with Gasteiger partial charge in [0, 0.05) is 16.8 Å². The minimum Gasteiger partial charge on any atom is -0.493 e. The molecule has 0 saturated carbocycles. The van der Waals surface area contributed by atoms with Gasteiger partial charge in [-0.05, 0) is 49.9 Å². The molecule has 0 spiro atoms. The van der Waals surface area contributed by atoms with Crippen molar-refractivity contribution in [2.45, 2.75) is 68.9 Å². The first kappa shape index (κ1) is 28.6. The first-order valence-corrected chi connectivity index (χ1v) is 12.7. The van der Waals surface area contributed by atoms with Gasteiger partial charge in [0.05, 0.1) is 13.7 Å². The zero-order valence-electron chi connectivity index (χ0n) is 19.0. The number of halogens is 6. The van der Waals surface area contributed by atoms with Crippen molar-refractivity contribution >= 4 is 20.0 Å². The Morgan fingerprint density at radius 1 is 0.912 bits per heavy atom. The minimum absolute atomic E-state index is 0.0527. The van der Waals surface area contributed by atoms with Crippen molar-refractivity contribution in [1.82, 2.24) is 0 Å². The van der Waals surface area contributed by atoms with Gasteiger partial charge in [0.1, 0.15) is 0 Å². The fourth-order valence-corrected chi connectivity index (χ4v) is 4.13. The Bertz CT molecular complexity index is 836. The van der Waals surface area contributed by atoms with E-state index in [1.165, 1.54) is 25.3 Å². The Morgan fingerprint density at radius 2 is 1.62 bits per heavy atom. The monoisotopic (exact) mass is 525 g/mol. The highest BCUT2D eigenvalue weighted by Crippen LogP contribution is 2.59. The Hall–Kier alpha value is -1.67. The van der Waals surface area contributed by atoms with Crippen molar-refractivity contribution in [1.29, 1.82) is 0 Å². The molecular formula is C22H27F6O4Si2. The molecule has 1 aromatic carbocycles. The molecule has 189 valence electrons. The van der Waals surface area contributed by atoms with E-state index in [0.717, 1.165) is 18.0 Å². The van der Waals surface area contributed by atoms with Gasteiger partial charge in [-0.15, -0.1) is 0 Å². The molecule has 0 atom stereocenters. The van der Waals surface area contributed by atoms with Crippen LogP contribution in [0.1, 0.15) is 38.2 Å². The van der Waals surface area contributed by atoms with Crippen LogP contribution in [0.3, 0.4) is 0 Å². The highest BCUT2D eigenvalue weighted by atomic mass is 28.2. The second-order valence-corrected chi connectivity index (χ2v) is 9.14. The normalized spacial score (nSPS) is 18.3. The highest BCUT2D eigenvalue weighted by molar-refractivity contribution is 6.26. The summed E-state index contributed by atoms with van der Waals surface area (Å²) in [7, 11) is 4.83. The zero-order valence-corrected chi connectivity index (χ0v) is 21.0. The van der Waals surface area contributed by atoms with E-state index < -0.39 is 41.6 Å². The molecule has 12 heteroatoms. The van der Waals surface area contributed by atoms with E-state index in [-0.39, 0.29) is 12.2 Å². The molecule has 0 aliphatic heterocycles. The van der Waals surface area contributed by atoms with E-state index in [0.29, 0.717) is 41.7 Å². The summed E-state index contributed by atoms with van der Waals surface area (Å²) in [6.45, 7) is 2.08. The average Bonchev–Trinajstić information content (AvgIpc) is 2.89. The molecule has 1 aromatic rings. The molecule has 0 aromatic heterocycles. The van der Waals surface area contributed by atoms with Gasteiger partial charge in [0.15, 0.2) is 11.5 Å². The minimum atomic E-state index is -5.71. The number of methoxy groups -OCH3 is 1. The fourth-order valence-electron chi connectivity index (χ4n) is 3.21. The number of aryl methyl sites for hydroxylation is 1. The number of ether oxygens (including phenoxy) is 3. The lowest BCUT2D eigenvalue weighted by Crippen LogP contribution is -2.49. The van der Waals surface area contributed by atoms with Gasteiger partial charge >= 0.3 is 17.8 Å². The van der Waals surface area contributed by atoms with Gasteiger partial charge in [-0.3, -0.25) is 0 Å². The van der Waals surface area contributed by atoms with Crippen molar-refractivity contribution in [2.24, 2.45) is 0 Å². The quantitative estimate of drug-likeness (QED) is 0.160. The molecule has 34 heavy (non-hydrogen) atoms. The van der Waals surface area contributed by atoms with Gasteiger partial charge in [-0.1, -0.05) is 25.0 Å². The van der Waals surface area contributed by atoms with E-state index in [1.54, 1.807) is 0 Å². The maximum Gasteiger partial charge on any atom is 0.387 e. The first-order valence-electron chi connectivity index (χ1n) is 10.9. The third kappa shape index (κ3) is 6.11. The van der Waals surface area contributed by atoms with Crippen LogP contribution in [-0.4, -0.2) is 58.1 Å². The van der Waals surface area contributed by atoms with Crippen LogP contribution in [0, 0.1) is 0 Å². The summed E-state index contributed by atoms with van der Waals surface area (Å²) >= 11 is 0. The summed E-state index contributed by atoms with van der Waals surface area (Å²) in [6, 6.07) is 5.72. The van der Waals surface area contributed by atoms with Crippen LogP contribution in [-0.2, 0) is 15.6 Å². The predicted octanol–water partition coefficient (Wildman–Crippen LogP) is 5.99. The summed E-state index contributed by atoms with van der Waals surface area (Å²) in [4.78, 5) is 0. The lowest BCUT2D eigenvalue weighted by molar-refractivity contribution is -0.275. The van der Waals surface area contributed by atoms with E-state index >= 15 is 0 Å². The topological polar surface area (TPSA) is 36.9 Å². The molecule has 0 heterocycles. The van der Waals surface area contributed by atoms with Crippen molar-refractivity contribution in [2.75, 3.05) is 20.3 Å². The molecule has 1 aliphatic rings. The third-order valence-corrected chi connectivity index (χ3v) is 6.47. The number of rotatable bonds is 15. The van der Waals surface area contributed by atoms with Gasteiger partial charge in [-0.25, -0.2) is 0 Å². The number of hydrogen-bond donors (Lipinski definition) is 0. The lowest BCUT2D eigenvalue weighted by atomic mass is 10.1. The number of hydrogen-bond acceptors (Lipinski definition) is 4. The van der Waals surface area contributed by atoms with Crippen molar-refractivity contribution in [3.05, 3.63) is 35.3 Å². The number of benzene rings is 1. The maximum absolute atomic E-state index is 14.5. The Labute approximate surface area is 201 Å². The molecule has 1 aliphatic carbocycles. The summed E-state index contributed by atoms with van der Waals surface area (Å²) in [6.07, 6.45) is 2.84. The van der Waals surface area contributed by atoms with Crippen LogP contribution in [0.2, 0.25) is 12.1 Å². The molecule has 0 N–H and O–H groups in total. The molecule has 5 radical (unpaired) electrons. The molecule has 0 amide bonds. The van der Waals surface area contributed by atoms with Crippen LogP contribution in [0.4, 0.5) is 26.3 Å². The third-order valence-electron chi connectivity index (χ3n) is 5.06. The Kier molecular flexibility index (Phi) is 10.4. The fraction of sp³-hybridized carbons (Fsp3) is 0.636. The molecule has 0 fully saturated rings. The average molecular weight is 526 g/mol. The molecule has 2 rings (SSSR count). The largest absolute Gasteiger partial charge is 0.493 e. The zero-order chi connectivity index (χ0) is 25.4. The molecule has 0 unspecified atom stereocenters. The highest BCUT2D eigenvalue weighted by Gasteiger charge is 2.83. The van der Waals surface area contributed by atoms with E-state index in [9.17, 15) is 26.3 Å². The van der Waals surface area contributed by atoms with E-state index in [4.69, 9.17) is 18.6 Å². The summed E-state index contributed by atoms with van der Waals surface area (Å²) in [5.41, 5.74) is 0.774. The molecule has 4 nitrogen and oxygen atoms in total. The van der Waals surface area contributed by atoms with Gasteiger partial charge in [0.2, 0.25) is 21.3 Å². The number of alkyl halides is 6. The SMILES string of the molecule is CCO[Si]CCCc1ccc(OC2=C(OCCCCC[Si])C(F)(F)C(F)(F)C2(F)F)c(OC)c1. The van der Waals surface area contributed by atoms with Crippen LogP contribution in [0.5, 0.6) is 11.5 Å². The number of unbranched alkanes of at least 4 members (excludes halogenated alkanes) is 2. The second-order valence-electron chi connectivity index (χ2n) is 7.56. The van der Waals surface area contributed by atoms with Crippen molar-refractivity contribution in [3.63, 3.8) is 0 Å². The van der Waals surface area contributed by atoms with E-state index in [1.807, 2.05) is 6.92 Å². The Morgan fingerprint density at radius 3 is 2.26 bits per heavy atom.